The normalized spacial score (nSPS) is 21.9. The summed E-state index contributed by atoms with van der Waals surface area (Å²) in [6.45, 7) is 7.00. The summed E-state index contributed by atoms with van der Waals surface area (Å²) < 4.78 is 5.81. The third kappa shape index (κ3) is 5.73. The number of rotatable bonds is 8. The Balaban J connectivity index is 1.33. The SMILES string of the molecule is CC(C)C1CCN(CC(=N)/C=C(\O)COc2cccc3c2CN(C2CCC(=O)NC2=O)C3=O)CC1. The fourth-order valence-electron chi connectivity index (χ4n) is 5.15. The average molecular weight is 483 g/mol. The molecular formula is C26H34N4O5. The number of aliphatic hydroxyl groups excluding tert-OH is 1. The molecular weight excluding hydrogens is 448 g/mol. The van der Waals surface area contributed by atoms with E-state index in [0.717, 1.165) is 31.8 Å². The van der Waals surface area contributed by atoms with Crippen molar-refractivity contribution in [3.63, 3.8) is 0 Å². The Kier molecular flexibility index (Phi) is 7.54. The number of carbonyl (C=O) groups excluding carboxylic acids is 3. The number of carbonyl (C=O) groups is 3. The molecule has 0 saturated carbocycles. The molecule has 3 amide bonds. The summed E-state index contributed by atoms with van der Waals surface area (Å²) in [6, 6.07) is 4.41. The molecule has 4 rings (SSSR count). The van der Waals surface area contributed by atoms with Gasteiger partial charge in [0.25, 0.3) is 5.91 Å². The van der Waals surface area contributed by atoms with E-state index >= 15 is 0 Å². The van der Waals surface area contributed by atoms with Crippen LogP contribution >= 0.6 is 0 Å². The van der Waals surface area contributed by atoms with Gasteiger partial charge in [-0.15, -0.1) is 0 Å². The summed E-state index contributed by atoms with van der Waals surface area (Å²) in [4.78, 5) is 40.3. The van der Waals surface area contributed by atoms with Crippen LogP contribution in [0, 0.1) is 17.2 Å². The molecule has 1 unspecified atom stereocenters. The average Bonchev–Trinajstić information content (AvgIpc) is 3.15. The maximum Gasteiger partial charge on any atom is 0.255 e. The van der Waals surface area contributed by atoms with E-state index in [1.807, 2.05) is 0 Å². The van der Waals surface area contributed by atoms with Crippen molar-refractivity contribution < 1.29 is 24.2 Å². The van der Waals surface area contributed by atoms with Crippen LogP contribution in [0.5, 0.6) is 5.75 Å². The lowest BCUT2D eigenvalue weighted by molar-refractivity contribution is -0.136. The molecule has 9 heteroatoms. The van der Waals surface area contributed by atoms with E-state index in [1.165, 1.54) is 11.0 Å². The first-order valence-corrected chi connectivity index (χ1v) is 12.3. The zero-order valence-corrected chi connectivity index (χ0v) is 20.4. The molecule has 0 radical (unpaired) electrons. The topological polar surface area (TPSA) is 123 Å². The van der Waals surface area contributed by atoms with Gasteiger partial charge in [-0.2, -0.15) is 0 Å². The molecule has 0 aromatic heterocycles. The van der Waals surface area contributed by atoms with Gasteiger partial charge in [0, 0.05) is 35.9 Å². The Bertz CT molecular complexity index is 1040. The molecule has 3 heterocycles. The van der Waals surface area contributed by atoms with Gasteiger partial charge in [0.2, 0.25) is 11.8 Å². The number of nitrogens with zero attached hydrogens (tertiary/aromatic N) is 2. The fraction of sp³-hybridized carbons (Fsp3) is 0.538. The highest BCUT2D eigenvalue weighted by molar-refractivity contribution is 6.05. The molecule has 1 aromatic carbocycles. The van der Waals surface area contributed by atoms with Gasteiger partial charge in [0.1, 0.15) is 24.2 Å². The number of hydrogen-bond acceptors (Lipinski definition) is 7. The first-order valence-electron chi connectivity index (χ1n) is 12.3. The predicted molar refractivity (Wildman–Crippen MR) is 130 cm³/mol. The molecule has 3 aliphatic rings. The standard InChI is InChI=1S/C26H34N4O5/c1-16(2)17-8-10-29(11-9-17)13-18(27)12-19(31)15-35-23-5-3-4-20-21(23)14-30(26(20)34)22-6-7-24(32)28-25(22)33/h3-5,12,16-17,22,27,31H,6-11,13-15H2,1-2H3,(H,28,32,33)/b19-12-,27-18?. The van der Waals surface area contributed by atoms with Crippen molar-refractivity contribution in [2.24, 2.45) is 11.8 Å². The highest BCUT2D eigenvalue weighted by atomic mass is 16.5. The summed E-state index contributed by atoms with van der Waals surface area (Å²) in [5, 5.41) is 20.9. The van der Waals surface area contributed by atoms with E-state index in [2.05, 4.69) is 24.1 Å². The van der Waals surface area contributed by atoms with Gasteiger partial charge in [-0.3, -0.25) is 24.6 Å². The molecule has 3 aliphatic heterocycles. The van der Waals surface area contributed by atoms with Crippen molar-refractivity contribution in [2.45, 2.75) is 52.1 Å². The summed E-state index contributed by atoms with van der Waals surface area (Å²) >= 11 is 0. The molecule has 0 spiro atoms. The molecule has 0 aliphatic carbocycles. The molecule has 9 nitrogen and oxygen atoms in total. The number of amides is 3. The quantitative estimate of drug-likeness (QED) is 0.297. The highest BCUT2D eigenvalue weighted by Crippen LogP contribution is 2.33. The van der Waals surface area contributed by atoms with Gasteiger partial charge in [-0.1, -0.05) is 19.9 Å². The number of nitrogens with one attached hydrogen (secondary N) is 2. The third-order valence-corrected chi connectivity index (χ3v) is 7.22. The second-order valence-corrected chi connectivity index (χ2v) is 9.99. The van der Waals surface area contributed by atoms with Gasteiger partial charge in [0.05, 0.1) is 6.54 Å². The van der Waals surface area contributed by atoms with Crippen LogP contribution in [-0.2, 0) is 16.1 Å². The van der Waals surface area contributed by atoms with Gasteiger partial charge >= 0.3 is 0 Å². The van der Waals surface area contributed by atoms with Crippen molar-refractivity contribution in [3.05, 3.63) is 41.2 Å². The zero-order chi connectivity index (χ0) is 25.1. The van der Waals surface area contributed by atoms with Gasteiger partial charge < -0.3 is 20.2 Å². The number of fused-ring (bicyclic) bond motifs is 1. The molecule has 188 valence electrons. The molecule has 2 fully saturated rings. The molecule has 2 saturated heterocycles. The Labute approximate surface area is 205 Å². The number of piperidine rings is 2. The van der Waals surface area contributed by atoms with E-state index in [4.69, 9.17) is 10.1 Å². The number of likely N-dealkylation sites (tertiary alicyclic amines) is 1. The van der Waals surface area contributed by atoms with E-state index in [1.54, 1.807) is 18.2 Å². The van der Waals surface area contributed by atoms with Crippen molar-refractivity contribution in [1.82, 2.24) is 15.1 Å². The first-order chi connectivity index (χ1) is 16.7. The fourth-order valence-corrected chi connectivity index (χ4v) is 5.15. The summed E-state index contributed by atoms with van der Waals surface area (Å²) in [5.41, 5.74) is 1.43. The highest BCUT2D eigenvalue weighted by Gasteiger charge is 2.40. The maximum atomic E-state index is 12.9. The van der Waals surface area contributed by atoms with Crippen molar-refractivity contribution in [1.29, 1.82) is 5.41 Å². The minimum absolute atomic E-state index is 0.0592. The van der Waals surface area contributed by atoms with Crippen LogP contribution in [0.1, 0.15) is 55.5 Å². The van der Waals surface area contributed by atoms with Crippen molar-refractivity contribution in [2.75, 3.05) is 26.2 Å². The Hall–Kier alpha value is -3.20. The molecule has 0 bridgehead atoms. The van der Waals surface area contributed by atoms with E-state index in [0.29, 0.717) is 41.5 Å². The second kappa shape index (κ2) is 10.6. The summed E-state index contributed by atoms with van der Waals surface area (Å²) in [5.74, 6) is 0.753. The lowest BCUT2D eigenvalue weighted by atomic mass is 9.87. The largest absolute Gasteiger partial charge is 0.509 e. The molecule has 1 atom stereocenters. The maximum absolute atomic E-state index is 12.9. The van der Waals surface area contributed by atoms with Crippen molar-refractivity contribution >= 4 is 23.4 Å². The third-order valence-electron chi connectivity index (χ3n) is 7.22. The number of ether oxygens (including phenoxy) is 1. The smallest absolute Gasteiger partial charge is 0.255 e. The van der Waals surface area contributed by atoms with Crippen LogP contribution in [0.25, 0.3) is 0 Å². The lowest BCUT2D eigenvalue weighted by Gasteiger charge is -2.33. The molecule has 35 heavy (non-hydrogen) atoms. The van der Waals surface area contributed by atoms with Crippen LogP contribution in [0.4, 0.5) is 0 Å². The van der Waals surface area contributed by atoms with Crippen LogP contribution in [0.3, 0.4) is 0 Å². The van der Waals surface area contributed by atoms with Crippen molar-refractivity contribution in [3.8, 4) is 5.75 Å². The number of aliphatic hydroxyl groups is 1. The second-order valence-electron chi connectivity index (χ2n) is 9.99. The lowest BCUT2D eigenvalue weighted by Crippen LogP contribution is -2.52. The monoisotopic (exact) mass is 482 g/mol. The van der Waals surface area contributed by atoms with Gasteiger partial charge in [-0.25, -0.2) is 0 Å². The summed E-state index contributed by atoms with van der Waals surface area (Å²) in [7, 11) is 0. The van der Waals surface area contributed by atoms with Crippen LogP contribution in [0.15, 0.2) is 30.0 Å². The Morgan fingerprint density at radius 2 is 1.97 bits per heavy atom. The molecule has 1 aromatic rings. The van der Waals surface area contributed by atoms with E-state index < -0.39 is 11.9 Å². The van der Waals surface area contributed by atoms with Crippen LogP contribution in [-0.4, -0.2) is 70.6 Å². The van der Waals surface area contributed by atoms with Gasteiger partial charge in [0.15, 0.2) is 0 Å². The molecule has 3 N–H and O–H groups in total. The first kappa shape index (κ1) is 24.9. The predicted octanol–water partition coefficient (Wildman–Crippen LogP) is 2.66. The minimum Gasteiger partial charge on any atom is -0.509 e. The van der Waals surface area contributed by atoms with E-state index in [9.17, 15) is 19.5 Å². The number of benzene rings is 1. The Morgan fingerprint density at radius 1 is 1.23 bits per heavy atom. The van der Waals surface area contributed by atoms with Crippen LogP contribution in [0.2, 0.25) is 0 Å². The van der Waals surface area contributed by atoms with Gasteiger partial charge in [-0.05, 0) is 56.3 Å². The minimum atomic E-state index is -0.695. The van der Waals surface area contributed by atoms with E-state index in [-0.39, 0.29) is 37.1 Å². The summed E-state index contributed by atoms with van der Waals surface area (Å²) in [6.07, 6.45) is 4.19. The van der Waals surface area contributed by atoms with Crippen LogP contribution < -0.4 is 10.1 Å². The zero-order valence-electron chi connectivity index (χ0n) is 20.4. The Morgan fingerprint density at radius 3 is 2.66 bits per heavy atom. The number of hydrogen-bond donors (Lipinski definition) is 3. The number of imide groups is 1.